The van der Waals surface area contributed by atoms with Crippen molar-refractivity contribution in [3.05, 3.63) is 82.9 Å². The van der Waals surface area contributed by atoms with Gasteiger partial charge in [-0.15, -0.1) is 0 Å². The average Bonchev–Trinajstić information content (AvgIpc) is 3.27. The lowest BCUT2D eigenvalue weighted by molar-refractivity contribution is -0.137. The molecule has 188 valence electrons. The molecule has 5 nitrogen and oxygen atoms in total. The Kier molecular flexibility index (Phi) is 6.62. The predicted molar refractivity (Wildman–Crippen MR) is 128 cm³/mol. The summed E-state index contributed by atoms with van der Waals surface area (Å²) in [5.41, 5.74) is 3.26. The molecular formula is C28H26F3NO4. The maximum Gasteiger partial charge on any atom is 0.416 e. The van der Waals surface area contributed by atoms with E-state index < -0.39 is 11.7 Å². The number of amides is 1. The third-order valence-corrected chi connectivity index (χ3v) is 6.48. The van der Waals surface area contributed by atoms with Crippen LogP contribution < -0.4 is 9.47 Å². The van der Waals surface area contributed by atoms with Crippen LogP contribution in [0.15, 0.2) is 60.7 Å². The number of carbonyl (C=O) groups is 1. The van der Waals surface area contributed by atoms with Gasteiger partial charge in [-0.05, 0) is 60.0 Å². The molecule has 3 aromatic carbocycles. The van der Waals surface area contributed by atoms with Gasteiger partial charge in [0.15, 0.2) is 11.5 Å². The number of benzene rings is 3. The maximum atomic E-state index is 13.2. The van der Waals surface area contributed by atoms with Crippen molar-refractivity contribution in [2.24, 2.45) is 0 Å². The van der Waals surface area contributed by atoms with E-state index in [1.165, 1.54) is 12.1 Å². The van der Waals surface area contributed by atoms with Crippen LogP contribution in [0.1, 0.15) is 33.5 Å². The van der Waals surface area contributed by atoms with Gasteiger partial charge in [0.05, 0.1) is 25.3 Å². The largest absolute Gasteiger partial charge is 0.487 e. The Bertz CT molecular complexity index is 1250. The number of rotatable bonds is 4. The number of alkyl halides is 3. The van der Waals surface area contributed by atoms with E-state index in [2.05, 4.69) is 0 Å². The van der Waals surface area contributed by atoms with E-state index in [4.69, 9.17) is 14.2 Å². The van der Waals surface area contributed by atoms with Crippen molar-refractivity contribution in [1.29, 1.82) is 0 Å². The summed E-state index contributed by atoms with van der Waals surface area (Å²) < 4.78 is 56.7. The highest BCUT2D eigenvalue weighted by molar-refractivity contribution is 5.94. The van der Waals surface area contributed by atoms with Gasteiger partial charge in [0, 0.05) is 24.1 Å². The summed E-state index contributed by atoms with van der Waals surface area (Å²) in [5, 5.41) is 0. The smallest absolute Gasteiger partial charge is 0.416 e. The Hall–Kier alpha value is -3.52. The van der Waals surface area contributed by atoms with Gasteiger partial charge in [0.2, 0.25) is 0 Å². The van der Waals surface area contributed by atoms with E-state index >= 15 is 0 Å². The molecule has 1 fully saturated rings. The fourth-order valence-electron chi connectivity index (χ4n) is 4.57. The Morgan fingerprint density at radius 3 is 2.53 bits per heavy atom. The maximum absolute atomic E-state index is 13.2. The molecule has 1 unspecified atom stereocenters. The molecule has 1 atom stereocenters. The summed E-state index contributed by atoms with van der Waals surface area (Å²) in [6.45, 7) is 3.94. The van der Waals surface area contributed by atoms with Crippen LogP contribution in [0, 0.1) is 6.92 Å². The van der Waals surface area contributed by atoms with Gasteiger partial charge in [-0.25, -0.2) is 0 Å². The highest BCUT2D eigenvalue weighted by Crippen LogP contribution is 2.40. The van der Waals surface area contributed by atoms with E-state index in [1.807, 2.05) is 43.3 Å². The first-order valence-electron chi connectivity index (χ1n) is 11.9. The Morgan fingerprint density at radius 2 is 1.83 bits per heavy atom. The molecule has 2 heterocycles. The first-order valence-corrected chi connectivity index (χ1v) is 11.9. The minimum Gasteiger partial charge on any atom is -0.487 e. The lowest BCUT2D eigenvalue weighted by Gasteiger charge is -2.21. The third kappa shape index (κ3) is 5.04. The zero-order valence-corrected chi connectivity index (χ0v) is 19.8. The molecule has 1 amide bonds. The summed E-state index contributed by atoms with van der Waals surface area (Å²) >= 11 is 0. The van der Waals surface area contributed by atoms with Crippen LogP contribution in [0.5, 0.6) is 11.5 Å². The molecule has 8 heteroatoms. The number of hydrogen-bond donors (Lipinski definition) is 0. The summed E-state index contributed by atoms with van der Waals surface area (Å²) in [4.78, 5) is 14.8. The van der Waals surface area contributed by atoms with Crippen LogP contribution in [0.2, 0.25) is 0 Å². The number of fused-ring (bicyclic) bond motifs is 1. The van der Waals surface area contributed by atoms with E-state index in [-0.39, 0.29) is 30.7 Å². The second-order valence-electron chi connectivity index (χ2n) is 9.03. The molecule has 1 saturated heterocycles. The molecule has 0 aromatic heterocycles. The standard InChI is InChI=1S/C28H26F3NO4/c1-18-4-2-3-5-24(18)20-14-21-16-32(27(33)19-6-8-22(9-7-19)28(29,30)31)11-13-35-26(21)25(15-20)36-23-10-12-34-17-23/h2-9,14-15,23H,10-13,16-17H2,1H3. The quantitative estimate of drug-likeness (QED) is 0.452. The van der Waals surface area contributed by atoms with Gasteiger partial charge < -0.3 is 19.1 Å². The second kappa shape index (κ2) is 9.85. The second-order valence-corrected chi connectivity index (χ2v) is 9.03. The van der Waals surface area contributed by atoms with Gasteiger partial charge in [0.25, 0.3) is 5.91 Å². The zero-order valence-electron chi connectivity index (χ0n) is 19.8. The average molecular weight is 498 g/mol. The predicted octanol–water partition coefficient (Wildman–Crippen LogP) is 5.88. The van der Waals surface area contributed by atoms with Gasteiger partial charge >= 0.3 is 6.18 Å². The summed E-state index contributed by atoms with van der Waals surface area (Å²) in [5.74, 6) is 0.833. The zero-order chi connectivity index (χ0) is 25.3. The molecule has 0 radical (unpaired) electrons. The van der Waals surface area contributed by atoms with Crippen LogP contribution in [-0.4, -0.2) is 43.3 Å². The van der Waals surface area contributed by atoms with Crippen LogP contribution in [-0.2, 0) is 17.5 Å². The topological polar surface area (TPSA) is 48.0 Å². The highest BCUT2D eigenvalue weighted by atomic mass is 19.4. The highest BCUT2D eigenvalue weighted by Gasteiger charge is 2.31. The van der Waals surface area contributed by atoms with Crippen LogP contribution in [0.25, 0.3) is 11.1 Å². The van der Waals surface area contributed by atoms with E-state index in [1.54, 1.807) is 4.90 Å². The molecule has 0 bridgehead atoms. The van der Waals surface area contributed by atoms with Crippen molar-refractivity contribution in [1.82, 2.24) is 4.90 Å². The van der Waals surface area contributed by atoms with Gasteiger partial charge in [-0.3, -0.25) is 4.79 Å². The monoisotopic (exact) mass is 497 g/mol. The van der Waals surface area contributed by atoms with Crippen molar-refractivity contribution in [2.75, 3.05) is 26.4 Å². The molecule has 0 saturated carbocycles. The summed E-state index contributed by atoms with van der Waals surface area (Å²) in [6.07, 6.45) is -3.76. The SMILES string of the molecule is Cc1ccccc1-c1cc2c(c(OC3CCOC3)c1)OCCN(C(=O)c1ccc(C(F)(F)F)cc1)C2. The Labute approximate surface area is 207 Å². The van der Waals surface area contributed by atoms with E-state index in [0.717, 1.165) is 40.8 Å². The van der Waals surface area contributed by atoms with Crippen molar-refractivity contribution in [3.63, 3.8) is 0 Å². The van der Waals surface area contributed by atoms with Crippen molar-refractivity contribution in [3.8, 4) is 22.6 Å². The number of carbonyl (C=O) groups excluding carboxylic acids is 1. The third-order valence-electron chi connectivity index (χ3n) is 6.48. The molecule has 2 aliphatic heterocycles. The van der Waals surface area contributed by atoms with Crippen LogP contribution in [0.3, 0.4) is 0 Å². The fraction of sp³-hybridized carbons (Fsp3) is 0.321. The molecule has 0 aliphatic carbocycles. The molecule has 36 heavy (non-hydrogen) atoms. The number of ether oxygens (including phenoxy) is 3. The van der Waals surface area contributed by atoms with Gasteiger partial charge in [-0.2, -0.15) is 13.2 Å². The molecule has 3 aromatic rings. The number of aryl methyl sites for hydroxylation is 1. The minimum atomic E-state index is -4.45. The van der Waals surface area contributed by atoms with Crippen LogP contribution in [0.4, 0.5) is 13.2 Å². The van der Waals surface area contributed by atoms with Crippen LogP contribution >= 0.6 is 0 Å². The Morgan fingerprint density at radius 1 is 1.06 bits per heavy atom. The lowest BCUT2D eigenvalue weighted by Crippen LogP contribution is -2.32. The summed E-state index contributed by atoms with van der Waals surface area (Å²) in [7, 11) is 0. The van der Waals surface area contributed by atoms with Crippen molar-refractivity contribution in [2.45, 2.75) is 32.2 Å². The number of nitrogens with zero attached hydrogens (tertiary/aromatic N) is 1. The summed E-state index contributed by atoms with van der Waals surface area (Å²) in [6, 6.07) is 16.3. The van der Waals surface area contributed by atoms with Gasteiger partial charge in [0.1, 0.15) is 12.7 Å². The van der Waals surface area contributed by atoms with Crippen molar-refractivity contribution >= 4 is 5.91 Å². The normalized spacial score (nSPS) is 17.8. The first kappa shape index (κ1) is 24.2. The minimum absolute atomic E-state index is 0.0852. The molecular weight excluding hydrogens is 471 g/mol. The lowest BCUT2D eigenvalue weighted by atomic mass is 9.97. The number of halogens is 3. The van der Waals surface area contributed by atoms with E-state index in [9.17, 15) is 18.0 Å². The van der Waals surface area contributed by atoms with Gasteiger partial charge in [-0.1, -0.05) is 24.3 Å². The number of hydrogen-bond acceptors (Lipinski definition) is 4. The molecule has 0 N–H and O–H groups in total. The molecule has 2 aliphatic rings. The fourth-order valence-corrected chi connectivity index (χ4v) is 4.57. The van der Waals surface area contributed by atoms with E-state index in [0.29, 0.717) is 31.3 Å². The molecule has 5 rings (SSSR count). The van der Waals surface area contributed by atoms with Crippen molar-refractivity contribution < 1.29 is 32.2 Å². The molecule has 0 spiro atoms. The first-order chi connectivity index (χ1) is 17.3. The Balaban J connectivity index is 1.49.